The number of nitrogen functional groups attached to an aromatic ring is 1. The van der Waals surface area contributed by atoms with E-state index >= 15 is 0 Å². The van der Waals surface area contributed by atoms with Gasteiger partial charge in [-0.05, 0) is 48.3 Å². The smallest absolute Gasteiger partial charge is 0.464 e. The van der Waals surface area contributed by atoms with Gasteiger partial charge < -0.3 is 20.2 Å². The molecule has 8 nitrogen and oxygen atoms in total. The minimum Gasteiger partial charge on any atom is -0.464 e. The predicted molar refractivity (Wildman–Crippen MR) is 120 cm³/mol. The zero-order chi connectivity index (χ0) is 22.1. The highest BCUT2D eigenvalue weighted by atomic mass is 32.2. The summed E-state index contributed by atoms with van der Waals surface area (Å²) in [5.74, 6) is -1.59. The monoisotopic (exact) mass is 452 g/mol. The number of anilines is 1. The van der Waals surface area contributed by atoms with Gasteiger partial charge in [-0.3, -0.25) is 4.21 Å². The lowest BCUT2D eigenvalue weighted by atomic mass is 9.77. The maximum Gasteiger partial charge on any atom is 0.471 e. The first-order valence-corrected chi connectivity index (χ1v) is 13.5. The van der Waals surface area contributed by atoms with Crippen LogP contribution in [-0.2, 0) is 32.1 Å². The van der Waals surface area contributed by atoms with Gasteiger partial charge in [0.25, 0.3) is 0 Å². The molecule has 0 aliphatic carbocycles. The number of thiol groups is 1. The lowest BCUT2D eigenvalue weighted by Crippen LogP contribution is -2.48. The van der Waals surface area contributed by atoms with Gasteiger partial charge in [0.05, 0.1) is 18.0 Å². The maximum absolute atomic E-state index is 12.7. The number of para-hydroxylation sites is 1. The third kappa shape index (κ3) is 5.29. The standard InChI is InChI=1S/C19H25BN2O6S2/c1-29(2,25)18-9-13(7-8-16(18)21)12-30(26,27)22-19(20(23)24)10-14-11-28-17-6-4-3-5-15(14)17/h3-9,11,19,22-24,29H,10,12,21H2,1-2H3/t19-/m0/s1. The van der Waals surface area contributed by atoms with Gasteiger partial charge in [0.15, 0.2) is 0 Å². The van der Waals surface area contributed by atoms with E-state index in [9.17, 15) is 22.7 Å². The number of hydrogen-bond donors (Lipinski definition) is 5. The molecule has 1 heterocycles. The third-order valence-electron chi connectivity index (χ3n) is 4.72. The number of nitrogens with two attached hydrogens (primary N) is 1. The van der Waals surface area contributed by atoms with Gasteiger partial charge in [0.1, 0.15) is 5.58 Å². The van der Waals surface area contributed by atoms with Crippen LogP contribution in [0.15, 0.2) is 58.0 Å². The highest BCUT2D eigenvalue weighted by molar-refractivity contribution is 8.01. The molecule has 1 aromatic heterocycles. The van der Waals surface area contributed by atoms with Crippen molar-refractivity contribution in [1.29, 1.82) is 0 Å². The minimum absolute atomic E-state index is 0.0278. The Morgan fingerprint density at radius 1 is 1.20 bits per heavy atom. The summed E-state index contributed by atoms with van der Waals surface area (Å²) in [4.78, 5) is 0.416. The molecule has 2 aromatic carbocycles. The molecule has 5 N–H and O–H groups in total. The second kappa shape index (κ2) is 8.52. The van der Waals surface area contributed by atoms with Crippen molar-refractivity contribution in [2.24, 2.45) is 0 Å². The fourth-order valence-electron chi connectivity index (χ4n) is 3.27. The largest absolute Gasteiger partial charge is 0.471 e. The molecule has 0 bridgehead atoms. The van der Waals surface area contributed by atoms with Crippen LogP contribution in [0.25, 0.3) is 11.0 Å². The summed E-state index contributed by atoms with van der Waals surface area (Å²) in [6.07, 6.45) is 4.62. The Kier molecular flexibility index (Phi) is 6.39. The van der Waals surface area contributed by atoms with Crippen LogP contribution >= 0.6 is 0 Å². The van der Waals surface area contributed by atoms with E-state index in [0.29, 0.717) is 27.3 Å². The number of fused-ring (bicyclic) bond motifs is 1. The van der Waals surface area contributed by atoms with Crippen LogP contribution in [0.4, 0.5) is 5.69 Å². The van der Waals surface area contributed by atoms with Crippen molar-refractivity contribution in [2.45, 2.75) is 23.0 Å². The van der Waals surface area contributed by atoms with Gasteiger partial charge in [-0.1, -0.05) is 34.2 Å². The Morgan fingerprint density at radius 2 is 1.90 bits per heavy atom. The van der Waals surface area contributed by atoms with Crippen molar-refractivity contribution < 1.29 is 27.1 Å². The highest BCUT2D eigenvalue weighted by Crippen LogP contribution is 2.25. The molecule has 30 heavy (non-hydrogen) atoms. The summed E-state index contributed by atoms with van der Waals surface area (Å²) in [7, 11) is -8.54. The van der Waals surface area contributed by atoms with E-state index in [-0.39, 0.29) is 6.42 Å². The van der Waals surface area contributed by atoms with E-state index in [1.54, 1.807) is 24.6 Å². The van der Waals surface area contributed by atoms with Gasteiger partial charge in [-0.2, -0.15) is 0 Å². The van der Waals surface area contributed by atoms with Crippen LogP contribution in [0.2, 0.25) is 0 Å². The molecule has 0 aliphatic heterocycles. The van der Waals surface area contributed by atoms with Gasteiger partial charge in [0.2, 0.25) is 10.0 Å². The van der Waals surface area contributed by atoms with Gasteiger partial charge in [-0.25, -0.2) is 13.1 Å². The number of furan rings is 1. The predicted octanol–water partition coefficient (Wildman–Crippen LogP) is 0.693. The van der Waals surface area contributed by atoms with Crippen LogP contribution in [-0.4, -0.2) is 48.2 Å². The van der Waals surface area contributed by atoms with Crippen LogP contribution in [0.1, 0.15) is 11.1 Å². The van der Waals surface area contributed by atoms with Gasteiger partial charge in [-0.15, -0.1) is 0 Å². The summed E-state index contributed by atoms with van der Waals surface area (Å²) < 4.78 is 45.6. The summed E-state index contributed by atoms with van der Waals surface area (Å²) in [5, 5.41) is 20.3. The SMILES string of the molecule is C[SH](C)(=O)c1cc(CS(=O)(=O)N[C@@H](Cc2coc3ccccc23)B(O)O)ccc1N. The number of hydrogen-bond acceptors (Lipinski definition) is 7. The second-order valence-corrected chi connectivity index (χ2v) is 12.5. The molecule has 0 aliphatic rings. The minimum atomic E-state index is -3.94. The summed E-state index contributed by atoms with van der Waals surface area (Å²) in [6.45, 7) is 0. The topological polar surface area (TPSA) is 143 Å². The van der Waals surface area contributed by atoms with Crippen molar-refractivity contribution >= 4 is 43.7 Å². The first-order valence-electron chi connectivity index (χ1n) is 9.21. The van der Waals surface area contributed by atoms with E-state index in [1.165, 1.54) is 18.4 Å². The number of rotatable bonds is 8. The maximum atomic E-state index is 12.7. The molecule has 0 amide bonds. The first kappa shape index (κ1) is 22.5. The number of nitrogens with one attached hydrogen (secondary N) is 1. The lowest BCUT2D eigenvalue weighted by Gasteiger charge is -2.19. The molecular formula is C19H25BN2O6S2. The summed E-state index contributed by atoms with van der Waals surface area (Å²) in [6, 6.07) is 11.8. The van der Waals surface area contributed by atoms with E-state index in [0.717, 1.165) is 5.39 Å². The molecule has 0 saturated carbocycles. The summed E-state index contributed by atoms with van der Waals surface area (Å²) in [5.41, 5.74) is 7.88. The Hall–Kier alpha value is -2.18. The van der Waals surface area contributed by atoms with Crippen LogP contribution in [0.5, 0.6) is 0 Å². The molecule has 0 saturated heterocycles. The van der Waals surface area contributed by atoms with E-state index in [2.05, 4.69) is 4.72 Å². The van der Waals surface area contributed by atoms with E-state index < -0.39 is 38.8 Å². The molecule has 3 rings (SSSR count). The van der Waals surface area contributed by atoms with E-state index in [4.69, 9.17) is 10.2 Å². The average Bonchev–Trinajstić information content (AvgIpc) is 3.04. The first-order chi connectivity index (χ1) is 14.0. The highest BCUT2D eigenvalue weighted by Gasteiger charge is 2.30. The van der Waals surface area contributed by atoms with Gasteiger partial charge in [0, 0.05) is 16.0 Å². The van der Waals surface area contributed by atoms with Crippen LogP contribution in [0.3, 0.4) is 0 Å². The zero-order valence-corrected chi connectivity index (χ0v) is 18.4. The normalized spacial score (nSPS) is 14.0. The third-order valence-corrected chi connectivity index (χ3v) is 7.65. The van der Waals surface area contributed by atoms with Crippen molar-refractivity contribution in [3.05, 3.63) is 59.9 Å². The lowest BCUT2D eigenvalue weighted by molar-refractivity contribution is 0.379. The van der Waals surface area contributed by atoms with Gasteiger partial charge >= 0.3 is 7.12 Å². The molecule has 0 spiro atoms. The molecule has 1 atom stereocenters. The molecular weight excluding hydrogens is 427 g/mol. The van der Waals surface area contributed by atoms with Crippen molar-refractivity contribution in [2.75, 3.05) is 18.2 Å². The molecule has 11 heteroatoms. The molecule has 3 aromatic rings. The van der Waals surface area contributed by atoms with Crippen molar-refractivity contribution in [1.82, 2.24) is 4.72 Å². The molecule has 0 fully saturated rings. The fraction of sp³-hybridized carbons (Fsp3) is 0.263. The Bertz CT molecular complexity index is 1200. The average molecular weight is 452 g/mol. The zero-order valence-electron chi connectivity index (χ0n) is 16.6. The van der Waals surface area contributed by atoms with Crippen molar-refractivity contribution in [3.8, 4) is 0 Å². The Morgan fingerprint density at radius 3 is 2.57 bits per heavy atom. The van der Waals surface area contributed by atoms with Crippen molar-refractivity contribution in [3.63, 3.8) is 0 Å². The molecule has 0 unspecified atom stereocenters. The Labute approximate surface area is 176 Å². The van der Waals surface area contributed by atoms with Crippen LogP contribution in [0, 0.1) is 0 Å². The fourth-order valence-corrected chi connectivity index (χ4v) is 5.81. The van der Waals surface area contributed by atoms with E-state index in [1.807, 2.05) is 18.2 Å². The second-order valence-electron chi connectivity index (χ2n) is 7.60. The molecule has 0 radical (unpaired) electrons. The molecule has 162 valence electrons. The Balaban J connectivity index is 1.81. The number of sulfonamides is 1. The summed E-state index contributed by atoms with van der Waals surface area (Å²) >= 11 is 0. The number of benzene rings is 2. The quantitative estimate of drug-likeness (QED) is 0.192. The van der Waals surface area contributed by atoms with Crippen LogP contribution < -0.4 is 10.5 Å².